The van der Waals surface area contributed by atoms with Crippen molar-refractivity contribution in [3.05, 3.63) is 0 Å². The highest BCUT2D eigenvalue weighted by Gasteiger charge is 2.37. The third-order valence-electron chi connectivity index (χ3n) is 1.81. The monoisotopic (exact) mass is 184 g/mol. The number of alkyl halides is 1. The van der Waals surface area contributed by atoms with Gasteiger partial charge in [-0.1, -0.05) is 27.3 Å². The summed E-state index contributed by atoms with van der Waals surface area (Å²) in [4.78, 5) is 0. The van der Waals surface area contributed by atoms with Crippen molar-refractivity contribution >= 4 is 30.1 Å². The van der Waals surface area contributed by atoms with Gasteiger partial charge in [0.25, 0.3) is 0 Å². The first-order chi connectivity index (χ1) is 3.81. The van der Waals surface area contributed by atoms with E-state index < -0.39 is 7.38 Å². The Labute approximate surface area is 68.3 Å². The van der Waals surface area contributed by atoms with Gasteiger partial charge in [-0.15, -0.1) is 11.6 Å². The molecule has 56 valence electrons. The minimum absolute atomic E-state index is 0.219. The van der Waals surface area contributed by atoms with Gasteiger partial charge in [-0.05, 0) is 5.04 Å². The second-order valence-electron chi connectivity index (χ2n) is 3.58. The molecule has 0 aromatic heterocycles. The lowest BCUT2D eigenvalue weighted by Gasteiger charge is -2.31. The molecule has 0 spiro atoms. The van der Waals surface area contributed by atoms with E-state index >= 15 is 0 Å². The van der Waals surface area contributed by atoms with Gasteiger partial charge < -0.3 is 0 Å². The van der Waals surface area contributed by atoms with E-state index in [1.165, 1.54) is 0 Å². The van der Waals surface area contributed by atoms with Gasteiger partial charge in [0.2, 0.25) is 0 Å². The molecule has 0 fully saturated rings. The Kier molecular flexibility index (Phi) is 3.06. The molecule has 0 bridgehead atoms. The van der Waals surface area contributed by atoms with Crippen molar-refractivity contribution in [3.63, 3.8) is 0 Å². The molecular weight excluding hydrogens is 171 g/mol. The van der Waals surface area contributed by atoms with E-state index in [2.05, 4.69) is 27.3 Å². The van der Waals surface area contributed by atoms with Crippen molar-refractivity contribution in [2.24, 2.45) is 0 Å². The van der Waals surface area contributed by atoms with Gasteiger partial charge in [0.15, 0.2) is 7.38 Å². The lowest BCUT2D eigenvalue weighted by molar-refractivity contribution is 0.734. The summed E-state index contributed by atoms with van der Waals surface area (Å²) in [5, 5.41) is 0.219. The van der Waals surface area contributed by atoms with Gasteiger partial charge in [0, 0.05) is 5.50 Å². The second-order valence-corrected chi connectivity index (χ2v) is 11.0. The van der Waals surface area contributed by atoms with Crippen LogP contribution in [0.1, 0.15) is 20.8 Å². The molecule has 9 heavy (non-hydrogen) atoms. The zero-order chi connectivity index (χ0) is 7.71. The fourth-order valence-electron chi connectivity index (χ4n) is 0.200. The summed E-state index contributed by atoms with van der Waals surface area (Å²) in [5.41, 5.74) is 0.637. The summed E-state index contributed by atoms with van der Waals surface area (Å²) in [6, 6.07) is 0. The maximum absolute atomic E-state index is 6.20. The highest BCUT2D eigenvalue weighted by molar-refractivity contribution is 7.23. The predicted molar refractivity (Wildman–Crippen MR) is 47.9 cm³/mol. The topological polar surface area (TPSA) is 0 Å². The van der Waals surface area contributed by atoms with Crippen LogP contribution in [0.15, 0.2) is 0 Å². The van der Waals surface area contributed by atoms with Gasteiger partial charge >= 0.3 is 0 Å². The maximum Gasteiger partial charge on any atom is 0.173 e. The first kappa shape index (κ1) is 9.80. The van der Waals surface area contributed by atoms with Crippen LogP contribution in [-0.2, 0) is 0 Å². The van der Waals surface area contributed by atoms with Crippen molar-refractivity contribution < 1.29 is 0 Å². The zero-order valence-electron chi connectivity index (χ0n) is 6.46. The SMILES string of the molecule is CC(C)(C)[Si](C)(Cl)CCl. The summed E-state index contributed by atoms with van der Waals surface area (Å²) < 4.78 is 0. The fraction of sp³-hybridized carbons (Fsp3) is 1.00. The van der Waals surface area contributed by atoms with Crippen LogP contribution >= 0.6 is 22.7 Å². The highest BCUT2D eigenvalue weighted by Crippen LogP contribution is 2.39. The maximum atomic E-state index is 6.20. The Bertz CT molecular complexity index is 93.7. The van der Waals surface area contributed by atoms with E-state index in [1.54, 1.807) is 0 Å². The second kappa shape index (κ2) is 2.81. The molecule has 1 unspecified atom stereocenters. The van der Waals surface area contributed by atoms with Crippen molar-refractivity contribution in [1.82, 2.24) is 0 Å². The van der Waals surface area contributed by atoms with Crippen LogP contribution in [0.25, 0.3) is 0 Å². The third kappa shape index (κ3) is 2.48. The average molecular weight is 185 g/mol. The Morgan fingerprint density at radius 3 is 1.67 bits per heavy atom. The van der Waals surface area contributed by atoms with Gasteiger partial charge in [0.1, 0.15) is 0 Å². The first-order valence-electron chi connectivity index (χ1n) is 3.06. The molecule has 0 aromatic carbocycles. The third-order valence-corrected chi connectivity index (χ3v) is 9.56. The van der Waals surface area contributed by atoms with Gasteiger partial charge in [-0.2, -0.15) is 11.1 Å². The molecule has 0 N–H and O–H groups in total. The molecule has 0 aliphatic rings. The van der Waals surface area contributed by atoms with Crippen molar-refractivity contribution in [1.29, 1.82) is 0 Å². The molecule has 0 amide bonds. The lowest BCUT2D eigenvalue weighted by Crippen LogP contribution is -2.36. The summed E-state index contributed by atoms with van der Waals surface area (Å²) in [6.07, 6.45) is 0. The van der Waals surface area contributed by atoms with E-state index in [0.29, 0.717) is 5.50 Å². The molecular formula is C6H14Cl2Si. The van der Waals surface area contributed by atoms with Crippen LogP contribution < -0.4 is 0 Å². The molecule has 3 heteroatoms. The van der Waals surface area contributed by atoms with Crippen molar-refractivity contribution in [2.75, 3.05) is 5.50 Å². The van der Waals surface area contributed by atoms with Crippen molar-refractivity contribution in [3.8, 4) is 0 Å². The highest BCUT2D eigenvalue weighted by atomic mass is 35.6. The molecule has 0 radical (unpaired) electrons. The van der Waals surface area contributed by atoms with Gasteiger partial charge in [-0.25, -0.2) is 0 Å². The minimum atomic E-state index is -1.64. The number of rotatable bonds is 1. The molecule has 0 heterocycles. The van der Waals surface area contributed by atoms with E-state index in [-0.39, 0.29) is 5.04 Å². The molecule has 0 saturated heterocycles. The summed E-state index contributed by atoms with van der Waals surface area (Å²) >= 11 is 11.9. The molecule has 0 aromatic rings. The van der Waals surface area contributed by atoms with E-state index in [1.807, 2.05) is 0 Å². The average Bonchev–Trinajstić information content (AvgIpc) is 1.64. The van der Waals surface area contributed by atoms with Crippen LogP contribution in [0.4, 0.5) is 0 Å². The predicted octanol–water partition coefficient (Wildman–Crippen LogP) is 3.38. The minimum Gasteiger partial charge on any atom is -0.165 e. The molecule has 1 atom stereocenters. The van der Waals surface area contributed by atoms with E-state index in [9.17, 15) is 0 Å². The summed E-state index contributed by atoms with van der Waals surface area (Å²) in [6.45, 7) is 8.54. The Morgan fingerprint density at radius 2 is 1.67 bits per heavy atom. The van der Waals surface area contributed by atoms with Crippen LogP contribution in [-0.4, -0.2) is 12.9 Å². The first-order valence-corrected chi connectivity index (χ1v) is 7.31. The van der Waals surface area contributed by atoms with Crippen LogP contribution in [0.3, 0.4) is 0 Å². The molecule has 0 aliphatic carbocycles. The van der Waals surface area contributed by atoms with Crippen LogP contribution in [0.5, 0.6) is 0 Å². The summed E-state index contributed by atoms with van der Waals surface area (Å²) in [7, 11) is -1.64. The fourth-order valence-corrected chi connectivity index (χ4v) is 1.80. The smallest absolute Gasteiger partial charge is 0.165 e. The van der Waals surface area contributed by atoms with Crippen LogP contribution in [0.2, 0.25) is 11.6 Å². The number of halogens is 2. The zero-order valence-corrected chi connectivity index (χ0v) is 8.97. The molecule has 0 rings (SSSR count). The molecule has 0 saturated carbocycles. The Balaban J connectivity index is 4.14. The van der Waals surface area contributed by atoms with Gasteiger partial charge in [-0.3, -0.25) is 0 Å². The normalized spacial score (nSPS) is 19.3. The van der Waals surface area contributed by atoms with Crippen LogP contribution in [0, 0.1) is 0 Å². The van der Waals surface area contributed by atoms with E-state index in [4.69, 9.17) is 22.7 Å². The molecule has 0 nitrogen and oxygen atoms in total. The largest absolute Gasteiger partial charge is 0.173 e. The Morgan fingerprint density at radius 1 is 1.33 bits per heavy atom. The Hall–Kier alpha value is 0.797. The number of hydrogen-bond donors (Lipinski definition) is 0. The molecule has 0 aliphatic heterocycles. The number of hydrogen-bond acceptors (Lipinski definition) is 0. The quantitative estimate of drug-likeness (QED) is 0.333. The summed E-state index contributed by atoms with van der Waals surface area (Å²) in [5.74, 6) is 0. The van der Waals surface area contributed by atoms with Gasteiger partial charge in [0.05, 0.1) is 0 Å². The lowest BCUT2D eigenvalue weighted by atomic mass is 10.2. The standard InChI is InChI=1S/C6H14Cl2Si/c1-6(2,3)9(4,8)5-7/h5H2,1-4H3. The van der Waals surface area contributed by atoms with E-state index in [0.717, 1.165) is 0 Å². The van der Waals surface area contributed by atoms with Crippen molar-refractivity contribution in [2.45, 2.75) is 32.4 Å².